The Morgan fingerprint density at radius 2 is 1.84 bits per heavy atom. The van der Waals surface area contributed by atoms with Gasteiger partial charge in [-0.25, -0.2) is 0 Å². The Morgan fingerprint density at radius 1 is 1.16 bits per heavy atom. The van der Waals surface area contributed by atoms with E-state index in [2.05, 4.69) is 10.6 Å². The highest BCUT2D eigenvalue weighted by Crippen LogP contribution is 2.51. The van der Waals surface area contributed by atoms with Crippen LogP contribution in [-0.2, 0) is 36.9 Å². The van der Waals surface area contributed by atoms with Gasteiger partial charge in [-0.15, -0.1) is 0 Å². The summed E-state index contributed by atoms with van der Waals surface area (Å²) < 4.78 is 0. The van der Waals surface area contributed by atoms with Crippen LogP contribution in [0.2, 0.25) is 0 Å². The maximum atomic E-state index is 13.8. The van der Waals surface area contributed by atoms with Gasteiger partial charge in [0.15, 0.2) is 34.7 Å². The molecule has 12 heteroatoms. The Kier molecular flexibility index (Phi) is 7.15. The average molecular weight is 529 g/mol. The number of amides is 2. The fourth-order valence-corrected chi connectivity index (χ4v) is 6.10. The molecule has 0 aromatic heterocycles. The van der Waals surface area contributed by atoms with Gasteiger partial charge in [0, 0.05) is 44.2 Å². The number of nitrogens with two attached hydrogens (primary N) is 1. The van der Waals surface area contributed by atoms with Crippen molar-refractivity contribution in [3.8, 4) is 5.75 Å². The number of phenolic OH excluding ortho intramolecular Hbond substituents is 1. The van der Waals surface area contributed by atoms with E-state index in [0.29, 0.717) is 17.8 Å². The van der Waals surface area contributed by atoms with Crippen LogP contribution in [0.5, 0.6) is 5.75 Å². The molecule has 2 amide bonds. The zero-order chi connectivity index (χ0) is 28.1. The molecule has 0 aliphatic heterocycles. The van der Waals surface area contributed by atoms with Crippen LogP contribution in [0.15, 0.2) is 6.07 Å². The fourth-order valence-electron chi connectivity index (χ4n) is 6.10. The normalized spacial score (nSPS) is 28.3. The number of fused-ring (bicyclic) bond motifs is 3. The van der Waals surface area contributed by atoms with Crippen LogP contribution in [-0.4, -0.2) is 77.9 Å². The minimum absolute atomic E-state index is 0.0247. The Hall–Kier alpha value is -3.64. The summed E-state index contributed by atoms with van der Waals surface area (Å²) in [6.07, 6.45) is -0.181. The van der Waals surface area contributed by atoms with Crippen molar-refractivity contribution in [2.75, 3.05) is 32.1 Å². The second-order valence-electron chi connectivity index (χ2n) is 10.4. The standard InChI is InChI=1S/C26H32N4O8/c1-4-28-10-17(32)29-9-12-7-15(30(2)3)14-6-11-5-13-8-16(31)20(25(27)37)24(36)26(13,38)23(35)18(11)22(34)19(14)21(12)33/h7,11,13,18,20,28,33,38H,4-6,8-10H2,1-3H3,(H2,27,37)(H,29,32)/t11-,13+,18?,20?,26+/m1/s1. The molecule has 38 heavy (non-hydrogen) atoms. The number of benzene rings is 1. The Labute approximate surface area is 218 Å². The third-order valence-electron chi connectivity index (χ3n) is 7.95. The van der Waals surface area contributed by atoms with Gasteiger partial charge in [0.05, 0.1) is 18.0 Å². The summed E-state index contributed by atoms with van der Waals surface area (Å²) >= 11 is 0. The Morgan fingerprint density at radius 3 is 2.45 bits per heavy atom. The zero-order valence-corrected chi connectivity index (χ0v) is 21.5. The number of phenols is 1. The number of carbonyl (C=O) groups excluding carboxylic acids is 6. The van der Waals surface area contributed by atoms with Crippen molar-refractivity contribution in [3.05, 3.63) is 22.8 Å². The molecule has 4 rings (SSSR count). The molecule has 2 fully saturated rings. The molecule has 0 radical (unpaired) electrons. The Balaban J connectivity index is 1.75. The number of primary amides is 1. The van der Waals surface area contributed by atoms with Crippen molar-refractivity contribution in [2.45, 2.75) is 38.3 Å². The van der Waals surface area contributed by atoms with E-state index in [1.165, 1.54) is 0 Å². The van der Waals surface area contributed by atoms with Crippen molar-refractivity contribution in [3.63, 3.8) is 0 Å². The number of nitrogens with one attached hydrogen (secondary N) is 2. The summed E-state index contributed by atoms with van der Waals surface area (Å²) in [5, 5.41) is 28.0. The second-order valence-corrected chi connectivity index (χ2v) is 10.4. The van der Waals surface area contributed by atoms with Crippen molar-refractivity contribution >= 4 is 40.6 Å². The van der Waals surface area contributed by atoms with Gasteiger partial charge >= 0.3 is 0 Å². The molecule has 5 atom stereocenters. The minimum Gasteiger partial charge on any atom is -0.507 e. The molecular weight excluding hydrogens is 496 g/mol. The molecule has 0 spiro atoms. The summed E-state index contributed by atoms with van der Waals surface area (Å²) in [6.45, 7) is 2.44. The molecule has 3 aliphatic rings. The van der Waals surface area contributed by atoms with E-state index in [4.69, 9.17) is 5.73 Å². The first kappa shape index (κ1) is 27.4. The van der Waals surface area contributed by atoms with Gasteiger partial charge in [0.2, 0.25) is 11.8 Å². The van der Waals surface area contributed by atoms with Crippen LogP contribution in [0.4, 0.5) is 5.69 Å². The maximum absolute atomic E-state index is 13.8. The molecular formula is C26H32N4O8. The van der Waals surface area contributed by atoms with E-state index in [1.54, 1.807) is 25.1 Å². The third-order valence-corrected chi connectivity index (χ3v) is 7.95. The lowest BCUT2D eigenvalue weighted by Crippen LogP contribution is -2.68. The van der Waals surface area contributed by atoms with Crippen LogP contribution in [0, 0.1) is 23.7 Å². The molecule has 1 aromatic carbocycles. The first-order valence-corrected chi connectivity index (χ1v) is 12.5. The Bertz CT molecular complexity index is 1260. The average Bonchev–Trinajstić information content (AvgIpc) is 2.83. The molecule has 2 unspecified atom stereocenters. The van der Waals surface area contributed by atoms with E-state index >= 15 is 0 Å². The van der Waals surface area contributed by atoms with Gasteiger partial charge in [-0.1, -0.05) is 6.92 Å². The number of aliphatic hydroxyl groups is 1. The van der Waals surface area contributed by atoms with Gasteiger partial charge in [-0.3, -0.25) is 28.8 Å². The first-order valence-electron chi connectivity index (χ1n) is 12.5. The number of aromatic hydroxyl groups is 1. The van der Waals surface area contributed by atoms with Gasteiger partial charge in [-0.05, 0) is 36.9 Å². The van der Waals surface area contributed by atoms with Gasteiger partial charge in [0.1, 0.15) is 5.75 Å². The number of Topliss-reactive ketones (excluding diaryl/α,β-unsaturated/α-hetero) is 4. The lowest BCUT2D eigenvalue weighted by molar-refractivity contribution is -0.175. The van der Waals surface area contributed by atoms with Crippen LogP contribution < -0.4 is 21.3 Å². The van der Waals surface area contributed by atoms with E-state index < -0.39 is 58.3 Å². The number of anilines is 1. The molecule has 0 bridgehead atoms. The lowest BCUT2D eigenvalue weighted by atomic mass is 9.53. The highest BCUT2D eigenvalue weighted by atomic mass is 16.3. The topological polar surface area (TPSA) is 196 Å². The molecule has 3 aliphatic carbocycles. The number of hydrogen-bond donors (Lipinski definition) is 5. The van der Waals surface area contributed by atoms with Gasteiger partial charge < -0.3 is 31.5 Å². The molecule has 2 saturated carbocycles. The van der Waals surface area contributed by atoms with Crippen LogP contribution >= 0.6 is 0 Å². The van der Waals surface area contributed by atoms with Gasteiger partial charge in [0.25, 0.3) is 0 Å². The first-order chi connectivity index (χ1) is 17.8. The zero-order valence-electron chi connectivity index (χ0n) is 21.5. The number of ketones is 4. The molecule has 0 saturated heterocycles. The third kappa shape index (κ3) is 4.17. The number of carbonyl (C=O) groups is 6. The fraction of sp³-hybridized carbons (Fsp3) is 0.538. The van der Waals surface area contributed by atoms with E-state index in [0.717, 1.165) is 0 Å². The molecule has 12 nitrogen and oxygen atoms in total. The quantitative estimate of drug-likeness (QED) is 0.263. The predicted octanol–water partition coefficient (Wildman–Crippen LogP) is -1.38. The number of likely N-dealkylation sites (N-methyl/N-ethyl adjacent to an activating group) is 1. The summed E-state index contributed by atoms with van der Waals surface area (Å²) in [4.78, 5) is 78.6. The van der Waals surface area contributed by atoms with Crippen molar-refractivity contribution in [1.82, 2.24) is 10.6 Å². The molecule has 204 valence electrons. The highest BCUT2D eigenvalue weighted by molar-refractivity contribution is 6.31. The second kappa shape index (κ2) is 9.91. The van der Waals surface area contributed by atoms with E-state index in [-0.39, 0.29) is 55.1 Å². The number of nitrogens with zero attached hydrogens (tertiary/aromatic N) is 1. The van der Waals surface area contributed by atoms with Crippen LogP contribution in [0.1, 0.15) is 41.3 Å². The predicted molar refractivity (Wildman–Crippen MR) is 133 cm³/mol. The summed E-state index contributed by atoms with van der Waals surface area (Å²) in [5.41, 5.74) is 3.79. The maximum Gasteiger partial charge on any atom is 0.235 e. The molecule has 1 aromatic rings. The lowest BCUT2D eigenvalue weighted by Gasteiger charge is -2.48. The number of rotatable bonds is 7. The van der Waals surface area contributed by atoms with Crippen molar-refractivity contribution < 1.29 is 39.0 Å². The van der Waals surface area contributed by atoms with E-state index in [1.807, 2.05) is 6.92 Å². The van der Waals surface area contributed by atoms with E-state index in [9.17, 15) is 39.0 Å². The van der Waals surface area contributed by atoms with Crippen LogP contribution in [0.25, 0.3) is 0 Å². The molecule has 0 heterocycles. The summed E-state index contributed by atoms with van der Waals surface area (Å²) in [6, 6.07) is 1.67. The van der Waals surface area contributed by atoms with Crippen molar-refractivity contribution in [2.24, 2.45) is 29.4 Å². The largest absolute Gasteiger partial charge is 0.507 e. The molecule has 6 N–H and O–H groups in total. The monoisotopic (exact) mass is 528 g/mol. The summed E-state index contributed by atoms with van der Waals surface area (Å²) in [7, 11) is 3.51. The van der Waals surface area contributed by atoms with Gasteiger partial charge in [-0.2, -0.15) is 0 Å². The summed E-state index contributed by atoms with van der Waals surface area (Å²) in [5.74, 6) is -10.9. The SMILES string of the molecule is CCNCC(=O)NCc1cc(N(C)C)c2c(c1O)C(=O)C1C(=O)[C@]3(O)C(=O)C(C(N)=O)C(=O)C[C@@H]3C[C@@H]1C2. The highest BCUT2D eigenvalue weighted by Gasteiger charge is 2.66. The van der Waals surface area contributed by atoms with Crippen LogP contribution in [0.3, 0.4) is 0 Å². The smallest absolute Gasteiger partial charge is 0.235 e. The van der Waals surface area contributed by atoms with Crippen molar-refractivity contribution in [1.29, 1.82) is 0 Å². The number of hydrogen-bond acceptors (Lipinski definition) is 10. The minimum atomic E-state index is -2.69.